The second-order valence-electron chi connectivity index (χ2n) is 3.83. The van der Waals surface area contributed by atoms with Gasteiger partial charge in [-0.05, 0) is 13.8 Å². The summed E-state index contributed by atoms with van der Waals surface area (Å²) >= 11 is 0. The molecule has 18 heavy (non-hydrogen) atoms. The van der Waals surface area contributed by atoms with E-state index in [0.29, 0.717) is 19.1 Å². The summed E-state index contributed by atoms with van der Waals surface area (Å²) in [5.74, 6) is 0.438. The second-order valence-corrected chi connectivity index (χ2v) is 3.83. The van der Waals surface area contributed by atoms with Crippen molar-refractivity contribution in [2.24, 2.45) is 10.7 Å². The number of aliphatic imine (C=N–C) groups is 1. The van der Waals surface area contributed by atoms with Crippen molar-refractivity contribution in [3.8, 4) is 0 Å². The summed E-state index contributed by atoms with van der Waals surface area (Å²) in [4.78, 5) is 3.86. The fourth-order valence-corrected chi connectivity index (χ4v) is 1.64. The normalized spacial score (nSPS) is 11.2. The van der Waals surface area contributed by atoms with Crippen LogP contribution in [0.15, 0.2) is 4.99 Å². The van der Waals surface area contributed by atoms with Crippen LogP contribution in [0.3, 0.4) is 0 Å². The predicted octanol–water partition coefficient (Wildman–Crippen LogP) is 0.798. The lowest BCUT2D eigenvalue weighted by Gasteiger charge is -2.06. The highest BCUT2D eigenvalue weighted by Crippen LogP contribution is 2.12. The molecular weight excluding hydrogens is 345 g/mol. The minimum Gasteiger partial charge on any atom is -0.383 e. The number of aromatic nitrogens is 2. The molecule has 0 saturated heterocycles. The van der Waals surface area contributed by atoms with E-state index in [9.17, 15) is 0 Å². The molecule has 0 aliphatic heterocycles. The number of nitrogens with one attached hydrogen (secondary N) is 1. The number of aryl methyl sites for hydroxylation is 1. The van der Waals surface area contributed by atoms with Crippen molar-refractivity contribution in [3.63, 3.8) is 0 Å². The lowest BCUT2D eigenvalue weighted by molar-refractivity contribution is 0.182. The minimum absolute atomic E-state index is 0. The molecular formula is C11H22IN5O. The van der Waals surface area contributed by atoms with Crippen LogP contribution in [0.5, 0.6) is 0 Å². The maximum absolute atomic E-state index is 5.60. The first kappa shape index (κ1) is 17.2. The predicted molar refractivity (Wildman–Crippen MR) is 83.4 cm³/mol. The molecule has 7 heteroatoms. The molecule has 0 radical (unpaired) electrons. The van der Waals surface area contributed by atoms with E-state index >= 15 is 0 Å². The van der Waals surface area contributed by atoms with E-state index < -0.39 is 0 Å². The first-order valence-electron chi connectivity index (χ1n) is 5.58. The number of guanidine groups is 1. The first-order chi connectivity index (χ1) is 8.10. The molecule has 6 nitrogen and oxygen atoms in total. The average molecular weight is 367 g/mol. The van der Waals surface area contributed by atoms with Gasteiger partial charge in [0.1, 0.15) is 0 Å². The SMILES string of the molecule is CN=C(N)NCc1c(C)nn(CCOC)c1C.I. The first-order valence-corrected chi connectivity index (χ1v) is 5.58. The molecule has 1 aromatic heterocycles. The van der Waals surface area contributed by atoms with Gasteiger partial charge in [0.2, 0.25) is 0 Å². The molecule has 0 aliphatic carbocycles. The Kier molecular flexibility index (Phi) is 7.92. The number of hydrogen-bond acceptors (Lipinski definition) is 3. The number of methoxy groups -OCH3 is 1. The quantitative estimate of drug-likeness (QED) is 0.459. The zero-order chi connectivity index (χ0) is 12.8. The van der Waals surface area contributed by atoms with Gasteiger partial charge in [0.05, 0.1) is 18.8 Å². The number of halogens is 1. The maximum Gasteiger partial charge on any atom is 0.188 e. The lowest BCUT2D eigenvalue weighted by atomic mass is 10.2. The Morgan fingerprint density at radius 2 is 2.17 bits per heavy atom. The lowest BCUT2D eigenvalue weighted by Crippen LogP contribution is -2.31. The van der Waals surface area contributed by atoms with Gasteiger partial charge < -0.3 is 15.8 Å². The molecule has 1 rings (SSSR count). The van der Waals surface area contributed by atoms with Crippen molar-refractivity contribution in [1.29, 1.82) is 0 Å². The van der Waals surface area contributed by atoms with Crippen LogP contribution < -0.4 is 11.1 Å². The van der Waals surface area contributed by atoms with E-state index in [1.807, 2.05) is 18.5 Å². The van der Waals surface area contributed by atoms with Gasteiger partial charge in [-0.2, -0.15) is 5.10 Å². The van der Waals surface area contributed by atoms with Crippen LogP contribution in [-0.4, -0.2) is 36.5 Å². The van der Waals surface area contributed by atoms with Gasteiger partial charge in [-0.15, -0.1) is 24.0 Å². The monoisotopic (exact) mass is 367 g/mol. The van der Waals surface area contributed by atoms with Crippen molar-refractivity contribution < 1.29 is 4.74 Å². The van der Waals surface area contributed by atoms with E-state index in [2.05, 4.69) is 15.4 Å². The summed E-state index contributed by atoms with van der Waals surface area (Å²) in [6, 6.07) is 0. The number of rotatable bonds is 5. The van der Waals surface area contributed by atoms with E-state index in [1.165, 1.54) is 0 Å². The topological polar surface area (TPSA) is 77.5 Å². The molecule has 0 bridgehead atoms. The summed E-state index contributed by atoms with van der Waals surface area (Å²) in [7, 11) is 3.34. The molecule has 0 unspecified atom stereocenters. The fourth-order valence-electron chi connectivity index (χ4n) is 1.64. The third-order valence-electron chi connectivity index (χ3n) is 2.73. The second kappa shape index (κ2) is 8.30. The highest BCUT2D eigenvalue weighted by molar-refractivity contribution is 14.0. The minimum atomic E-state index is 0. The van der Waals surface area contributed by atoms with Crippen molar-refractivity contribution in [2.75, 3.05) is 20.8 Å². The number of ether oxygens (including phenoxy) is 1. The molecule has 0 spiro atoms. The Balaban J connectivity index is 0.00000289. The molecule has 0 saturated carbocycles. The zero-order valence-corrected chi connectivity index (χ0v) is 13.7. The summed E-state index contributed by atoms with van der Waals surface area (Å²) in [6.07, 6.45) is 0. The van der Waals surface area contributed by atoms with Crippen LogP contribution in [-0.2, 0) is 17.8 Å². The van der Waals surface area contributed by atoms with Gasteiger partial charge in [-0.25, -0.2) is 0 Å². The third-order valence-corrected chi connectivity index (χ3v) is 2.73. The van der Waals surface area contributed by atoms with Crippen LogP contribution >= 0.6 is 24.0 Å². The number of nitrogens with zero attached hydrogens (tertiary/aromatic N) is 3. The van der Waals surface area contributed by atoms with Crippen molar-refractivity contribution in [3.05, 3.63) is 17.0 Å². The molecule has 0 fully saturated rings. The van der Waals surface area contributed by atoms with Gasteiger partial charge in [-0.1, -0.05) is 0 Å². The highest BCUT2D eigenvalue weighted by atomic mass is 127. The average Bonchev–Trinajstić information content (AvgIpc) is 2.59. The smallest absolute Gasteiger partial charge is 0.188 e. The molecule has 104 valence electrons. The Bertz CT molecular complexity index is 402. The molecule has 0 atom stereocenters. The van der Waals surface area contributed by atoms with Crippen LogP contribution in [0.4, 0.5) is 0 Å². The van der Waals surface area contributed by atoms with Gasteiger partial charge >= 0.3 is 0 Å². The fraction of sp³-hybridized carbons (Fsp3) is 0.636. The van der Waals surface area contributed by atoms with Crippen LogP contribution in [0.2, 0.25) is 0 Å². The van der Waals surface area contributed by atoms with Crippen molar-refractivity contribution in [1.82, 2.24) is 15.1 Å². The Morgan fingerprint density at radius 1 is 1.50 bits per heavy atom. The summed E-state index contributed by atoms with van der Waals surface area (Å²) in [5.41, 5.74) is 8.90. The Hall–Kier alpha value is -0.830. The standard InChI is InChI=1S/C11H21N5O.HI/c1-8-10(7-14-11(12)13-3)9(2)16(15-8)5-6-17-4;/h5-7H2,1-4H3,(H3,12,13,14);1H. The molecule has 0 aromatic carbocycles. The molecule has 3 N–H and O–H groups in total. The van der Waals surface area contributed by atoms with E-state index in [-0.39, 0.29) is 24.0 Å². The Morgan fingerprint density at radius 3 is 2.72 bits per heavy atom. The number of hydrogen-bond donors (Lipinski definition) is 2. The maximum atomic E-state index is 5.60. The van der Waals surface area contributed by atoms with Gasteiger partial charge in [0.15, 0.2) is 5.96 Å². The third kappa shape index (κ3) is 4.45. The van der Waals surface area contributed by atoms with E-state index in [1.54, 1.807) is 14.2 Å². The van der Waals surface area contributed by atoms with Gasteiger partial charge in [0, 0.05) is 32.0 Å². The van der Waals surface area contributed by atoms with Crippen LogP contribution in [0.25, 0.3) is 0 Å². The summed E-state index contributed by atoms with van der Waals surface area (Å²) < 4.78 is 7.00. The van der Waals surface area contributed by atoms with Crippen LogP contribution in [0.1, 0.15) is 17.0 Å². The van der Waals surface area contributed by atoms with Gasteiger partial charge in [0.25, 0.3) is 0 Å². The summed E-state index contributed by atoms with van der Waals surface area (Å²) in [6.45, 7) is 6.11. The highest BCUT2D eigenvalue weighted by Gasteiger charge is 2.10. The van der Waals surface area contributed by atoms with Crippen molar-refractivity contribution >= 4 is 29.9 Å². The summed E-state index contributed by atoms with van der Waals surface area (Å²) in [5, 5.41) is 7.51. The molecule has 0 amide bonds. The van der Waals surface area contributed by atoms with Crippen molar-refractivity contribution in [2.45, 2.75) is 26.9 Å². The molecule has 1 aromatic rings. The zero-order valence-electron chi connectivity index (χ0n) is 11.4. The Labute approximate surface area is 125 Å². The molecule has 0 aliphatic rings. The largest absolute Gasteiger partial charge is 0.383 e. The molecule has 1 heterocycles. The van der Waals surface area contributed by atoms with Crippen LogP contribution in [0, 0.1) is 13.8 Å². The van der Waals surface area contributed by atoms with E-state index in [0.717, 1.165) is 23.5 Å². The van der Waals surface area contributed by atoms with E-state index in [4.69, 9.17) is 10.5 Å². The number of nitrogens with two attached hydrogens (primary N) is 1. The van der Waals surface area contributed by atoms with Gasteiger partial charge in [-0.3, -0.25) is 9.67 Å².